The van der Waals surface area contributed by atoms with E-state index in [2.05, 4.69) is 18.0 Å². The van der Waals surface area contributed by atoms with E-state index in [4.69, 9.17) is 22.6 Å². The lowest BCUT2D eigenvalue weighted by molar-refractivity contribution is 0.582. The van der Waals surface area contributed by atoms with Gasteiger partial charge in [0.05, 0.1) is 5.56 Å². The van der Waals surface area contributed by atoms with Crippen molar-refractivity contribution in [2.75, 3.05) is 6.54 Å². The first-order valence-electron chi connectivity index (χ1n) is 6.46. The molecule has 4 heteroatoms. The molecule has 0 saturated carbocycles. The average molecular weight is 286 g/mol. The highest BCUT2D eigenvalue weighted by Gasteiger charge is 2.20. The van der Waals surface area contributed by atoms with E-state index in [1.807, 2.05) is 30.3 Å². The quantitative estimate of drug-likeness (QED) is 0.936. The van der Waals surface area contributed by atoms with Gasteiger partial charge >= 0.3 is 0 Å². The number of hydrogen-bond acceptors (Lipinski definition) is 3. The Hall–Kier alpha value is -1.89. The van der Waals surface area contributed by atoms with Gasteiger partial charge in [0.15, 0.2) is 0 Å². The fourth-order valence-electron chi connectivity index (χ4n) is 2.35. The van der Waals surface area contributed by atoms with Gasteiger partial charge < -0.3 is 5.73 Å². The number of rotatable bonds is 4. The van der Waals surface area contributed by atoms with Crippen molar-refractivity contribution in [1.29, 1.82) is 5.26 Å². The van der Waals surface area contributed by atoms with Crippen molar-refractivity contribution in [3.05, 3.63) is 64.4 Å². The van der Waals surface area contributed by atoms with Gasteiger partial charge in [-0.05, 0) is 41.8 Å². The zero-order chi connectivity index (χ0) is 14.5. The molecule has 2 unspecified atom stereocenters. The molecule has 3 nitrogen and oxygen atoms in total. The Morgan fingerprint density at radius 2 is 1.95 bits per heavy atom. The van der Waals surface area contributed by atoms with Crippen LogP contribution in [0.1, 0.15) is 35.4 Å². The van der Waals surface area contributed by atoms with Crippen LogP contribution in [-0.4, -0.2) is 11.5 Å². The second-order valence-electron chi connectivity index (χ2n) is 4.80. The molecular weight excluding hydrogens is 270 g/mol. The van der Waals surface area contributed by atoms with Crippen LogP contribution in [0.4, 0.5) is 0 Å². The first-order chi connectivity index (χ1) is 9.65. The predicted octanol–water partition coefficient (Wildman–Crippen LogP) is 3.45. The minimum atomic E-state index is 0.122. The molecule has 1 aromatic carbocycles. The normalized spacial score (nSPS) is 13.5. The highest BCUT2D eigenvalue weighted by atomic mass is 35.5. The lowest BCUT2D eigenvalue weighted by Gasteiger charge is -2.23. The lowest BCUT2D eigenvalue weighted by atomic mass is 9.83. The molecule has 0 radical (unpaired) electrons. The van der Waals surface area contributed by atoms with Gasteiger partial charge in [0.1, 0.15) is 6.07 Å². The van der Waals surface area contributed by atoms with Gasteiger partial charge in [-0.15, -0.1) is 0 Å². The van der Waals surface area contributed by atoms with Gasteiger partial charge in [-0.25, -0.2) is 0 Å². The molecule has 2 N–H and O–H groups in total. The largest absolute Gasteiger partial charge is 0.330 e. The molecule has 2 atom stereocenters. The van der Waals surface area contributed by atoms with Crippen molar-refractivity contribution >= 4 is 11.6 Å². The summed E-state index contributed by atoms with van der Waals surface area (Å²) in [7, 11) is 0. The molecule has 2 aromatic rings. The topological polar surface area (TPSA) is 62.7 Å². The predicted molar refractivity (Wildman–Crippen MR) is 80.6 cm³/mol. The second kappa shape index (κ2) is 6.51. The van der Waals surface area contributed by atoms with Crippen LogP contribution >= 0.6 is 11.6 Å². The summed E-state index contributed by atoms with van der Waals surface area (Å²) in [5.74, 6) is 0.352. The molecule has 1 heterocycles. The number of nitrogens with zero attached hydrogens (tertiary/aromatic N) is 2. The van der Waals surface area contributed by atoms with E-state index in [0.717, 1.165) is 10.6 Å². The van der Waals surface area contributed by atoms with Crippen molar-refractivity contribution in [3.63, 3.8) is 0 Å². The van der Waals surface area contributed by atoms with Crippen LogP contribution in [0.2, 0.25) is 5.02 Å². The van der Waals surface area contributed by atoms with Crippen molar-refractivity contribution < 1.29 is 0 Å². The smallest absolute Gasteiger partial charge is 0.101 e. The van der Waals surface area contributed by atoms with Gasteiger partial charge in [-0.1, -0.05) is 30.7 Å². The third-order valence-corrected chi connectivity index (χ3v) is 3.82. The summed E-state index contributed by atoms with van der Waals surface area (Å²) >= 11 is 5.92. The second-order valence-corrected chi connectivity index (χ2v) is 5.24. The number of halogens is 1. The number of nitriles is 1. The zero-order valence-electron chi connectivity index (χ0n) is 11.3. The third kappa shape index (κ3) is 3.16. The Morgan fingerprint density at radius 3 is 2.55 bits per heavy atom. The van der Waals surface area contributed by atoms with Gasteiger partial charge in [0.25, 0.3) is 0 Å². The molecule has 0 amide bonds. The molecular formula is C16H16ClN3. The minimum absolute atomic E-state index is 0.122. The van der Waals surface area contributed by atoms with E-state index in [0.29, 0.717) is 12.1 Å². The van der Waals surface area contributed by atoms with Crippen LogP contribution in [0.15, 0.2) is 42.7 Å². The Labute approximate surface area is 124 Å². The Morgan fingerprint density at radius 1 is 1.25 bits per heavy atom. The fraction of sp³-hybridized carbons (Fsp3) is 0.250. The number of benzene rings is 1. The van der Waals surface area contributed by atoms with Crippen molar-refractivity contribution in [2.45, 2.75) is 18.8 Å². The maximum Gasteiger partial charge on any atom is 0.101 e. The molecule has 0 aliphatic carbocycles. The SMILES string of the molecule is CC(c1ccc(Cl)cc1)C(CN)c1cncc(C#N)c1. The molecule has 0 aliphatic rings. The monoisotopic (exact) mass is 285 g/mol. The molecule has 1 aromatic heterocycles. The van der Waals surface area contributed by atoms with E-state index < -0.39 is 0 Å². The molecule has 0 spiro atoms. The van der Waals surface area contributed by atoms with Crippen molar-refractivity contribution in [3.8, 4) is 6.07 Å². The van der Waals surface area contributed by atoms with Crippen LogP contribution in [0.3, 0.4) is 0 Å². The first kappa shape index (κ1) is 14.5. The van der Waals surface area contributed by atoms with E-state index in [9.17, 15) is 0 Å². The average Bonchev–Trinajstić information content (AvgIpc) is 2.49. The van der Waals surface area contributed by atoms with E-state index in [1.54, 1.807) is 12.4 Å². The van der Waals surface area contributed by atoms with Crippen molar-refractivity contribution in [2.24, 2.45) is 5.73 Å². The lowest BCUT2D eigenvalue weighted by Crippen LogP contribution is -2.19. The summed E-state index contributed by atoms with van der Waals surface area (Å²) in [6.45, 7) is 2.63. The molecule has 2 rings (SSSR count). The number of pyridine rings is 1. The molecule has 0 aliphatic heterocycles. The summed E-state index contributed by atoms with van der Waals surface area (Å²) in [5, 5.41) is 9.69. The van der Waals surface area contributed by atoms with Gasteiger partial charge in [0.2, 0.25) is 0 Å². The maximum absolute atomic E-state index is 8.97. The van der Waals surface area contributed by atoms with Crippen LogP contribution in [0, 0.1) is 11.3 Å². The van der Waals surface area contributed by atoms with Crippen LogP contribution in [-0.2, 0) is 0 Å². The Kier molecular flexibility index (Phi) is 4.73. The van der Waals surface area contributed by atoms with Crippen LogP contribution < -0.4 is 5.73 Å². The van der Waals surface area contributed by atoms with Gasteiger partial charge in [-0.2, -0.15) is 5.26 Å². The van der Waals surface area contributed by atoms with E-state index >= 15 is 0 Å². The third-order valence-electron chi connectivity index (χ3n) is 3.57. The highest BCUT2D eigenvalue weighted by molar-refractivity contribution is 6.30. The number of hydrogen-bond donors (Lipinski definition) is 1. The molecule has 0 bridgehead atoms. The fourth-order valence-corrected chi connectivity index (χ4v) is 2.48. The first-order valence-corrected chi connectivity index (χ1v) is 6.84. The molecule has 0 fully saturated rings. The highest BCUT2D eigenvalue weighted by Crippen LogP contribution is 2.32. The minimum Gasteiger partial charge on any atom is -0.330 e. The standard InChI is InChI=1S/C16H16ClN3/c1-11(13-2-4-15(17)5-3-13)16(8-19)14-6-12(7-18)9-20-10-14/h2-6,9-11,16H,8,19H2,1H3. The summed E-state index contributed by atoms with van der Waals surface area (Å²) in [6.07, 6.45) is 3.34. The number of nitrogens with two attached hydrogens (primary N) is 1. The van der Waals surface area contributed by atoms with E-state index in [1.165, 1.54) is 5.56 Å². The van der Waals surface area contributed by atoms with Gasteiger partial charge in [0, 0.05) is 23.3 Å². The van der Waals surface area contributed by atoms with Gasteiger partial charge in [-0.3, -0.25) is 4.98 Å². The zero-order valence-corrected chi connectivity index (χ0v) is 12.0. The molecule has 20 heavy (non-hydrogen) atoms. The maximum atomic E-state index is 8.97. The summed E-state index contributed by atoms with van der Waals surface area (Å²) in [5.41, 5.74) is 8.66. The van der Waals surface area contributed by atoms with Crippen molar-refractivity contribution in [1.82, 2.24) is 4.98 Å². The van der Waals surface area contributed by atoms with Crippen LogP contribution in [0.5, 0.6) is 0 Å². The number of aromatic nitrogens is 1. The Bertz CT molecular complexity index is 616. The van der Waals surface area contributed by atoms with E-state index in [-0.39, 0.29) is 11.8 Å². The summed E-state index contributed by atoms with van der Waals surface area (Å²) in [6, 6.07) is 11.8. The molecule has 0 saturated heterocycles. The molecule has 102 valence electrons. The Balaban J connectivity index is 2.31. The summed E-state index contributed by atoms with van der Waals surface area (Å²) in [4.78, 5) is 4.12. The summed E-state index contributed by atoms with van der Waals surface area (Å²) < 4.78 is 0. The van der Waals surface area contributed by atoms with Crippen LogP contribution in [0.25, 0.3) is 0 Å².